The smallest absolute Gasteiger partial charge is 0.372 e. The van der Waals surface area contributed by atoms with E-state index in [0.29, 0.717) is 12.4 Å². The van der Waals surface area contributed by atoms with Crippen LogP contribution < -0.4 is 9.47 Å². The van der Waals surface area contributed by atoms with Crippen LogP contribution in [0.1, 0.15) is 37.4 Å². The summed E-state index contributed by atoms with van der Waals surface area (Å²) in [6.07, 6.45) is 3.17. The molecule has 1 aromatic carbocycles. The summed E-state index contributed by atoms with van der Waals surface area (Å²) in [5.74, 6) is 0.432. The Morgan fingerprint density at radius 1 is 1.26 bits per heavy atom. The molecule has 23 heavy (non-hydrogen) atoms. The number of imidazole rings is 1. The fourth-order valence-electron chi connectivity index (χ4n) is 2.32. The van der Waals surface area contributed by atoms with Crippen LogP contribution >= 0.6 is 0 Å². The molecular weight excluding hydrogens is 296 g/mol. The number of ether oxygens (including phenoxy) is 2. The molecule has 0 saturated carbocycles. The summed E-state index contributed by atoms with van der Waals surface area (Å²) in [5, 5.41) is 9.27. The lowest BCUT2D eigenvalue weighted by Gasteiger charge is -2.32. The van der Waals surface area contributed by atoms with Gasteiger partial charge in [0, 0.05) is 12.4 Å². The Bertz CT molecular complexity index is 656. The molecule has 0 fully saturated rings. The Hall–Kier alpha value is -2.50. The first-order valence-electron chi connectivity index (χ1n) is 7.36. The molecule has 0 aliphatic heterocycles. The van der Waals surface area contributed by atoms with Gasteiger partial charge in [0.05, 0.1) is 13.2 Å². The maximum Gasteiger partial charge on any atom is 0.372 e. The molecule has 2 rings (SSSR count). The highest BCUT2D eigenvalue weighted by molar-refractivity contribution is 5.83. The van der Waals surface area contributed by atoms with Crippen molar-refractivity contribution in [2.45, 2.75) is 26.8 Å². The Kier molecular flexibility index (Phi) is 4.93. The molecule has 0 aliphatic rings. The number of carboxylic acid groups (broad SMARTS) is 1. The van der Waals surface area contributed by atoms with Crippen LogP contribution in [0, 0.1) is 5.41 Å². The lowest BCUT2D eigenvalue weighted by Crippen LogP contribution is -2.31. The van der Waals surface area contributed by atoms with E-state index in [1.54, 1.807) is 17.9 Å². The second kappa shape index (κ2) is 6.73. The van der Waals surface area contributed by atoms with Crippen molar-refractivity contribution in [3.05, 3.63) is 42.5 Å². The van der Waals surface area contributed by atoms with Crippen molar-refractivity contribution >= 4 is 5.97 Å². The van der Waals surface area contributed by atoms with Crippen LogP contribution in [0.5, 0.6) is 11.5 Å². The lowest BCUT2D eigenvalue weighted by molar-refractivity contribution is 0.0661. The first-order chi connectivity index (χ1) is 10.8. The van der Waals surface area contributed by atoms with Gasteiger partial charge in [0.1, 0.15) is 18.1 Å². The zero-order valence-electron chi connectivity index (χ0n) is 13.8. The Morgan fingerprint density at radius 3 is 2.39 bits per heavy atom. The van der Waals surface area contributed by atoms with Crippen LogP contribution in [0.3, 0.4) is 0 Å². The number of aromatic nitrogens is 2. The Labute approximate surface area is 135 Å². The minimum Gasteiger partial charge on any atom is -0.497 e. The molecular formula is C17H22N2O4. The van der Waals surface area contributed by atoms with Gasteiger partial charge in [0.15, 0.2) is 0 Å². The third kappa shape index (κ3) is 4.03. The van der Waals surface area contributed by atoms with Crippen LogP contribution in [0.25, 0.3) is 0 Å². The number of nitrogens with zero attached hydrogens (tertiary/aromatic N) is 2. The fourth-order valence-corrected chi connectivity index (χ4v) is 2.32. The van der Waals surface area contributed by atoms with E-state index in [1.807, 2.05) is 45.0 Å². The van der Waals surface area contributed by atoms with Crippen molar-refractivity contribution in [2.75, 3.05) is 13.7 Å². The molecule has 6 heteroatoms. The van der Waals surface area contributed by atoms with Crippen molar-refractivity contribution in [1.29, 1.82) is 0 Å². The first kappa shape index (κ1) is 16.9. The highest BCUT2D eigenvalue weighted by Crippen LogP contribution is 2.32. The van der Waals surface area contributed by atoms with Crippen molar-refractivity contribution < 1.29 is 19.4 Å². The molecule has 0 saturated heterocycles. The molecule has 0 radical (unpaired) electrons. The van der Waals surface area contributed by atoms with Gasteiger partial charge in [-0.2, -0.15) is 0 Å². The standard InChI is InChI=1S/C17H22N2O4/c1-17(2,3)14(19-10-9-18-15(19)16(20)21)11-23-13-7-5-12(22-4)6-8-13/h5-10,14H,11H2,1-4H3,(H,20,21). The SMILES string of the molecule is COc1ccc(OCC(n2ccnc2C(=O)O)C(C)(C)C)cc1. The van der Waals surface area contributed by atoms with E-state index in [1.165, 1.54) is 6.20 Å². The average Bonchev–Trinajstić information content (AvgIpc) is 2.96. The van der Waals surface area contributed by atoms with Crippen molar-refractivity contribution in [3.63, 3.8) is 0 Å². The molecule has 0 amide bonds. The van der Waals surface area contributed by atoms with Crippen molar-refractivity contribution in [1.82, 2.24) is 9.55 Å². The Balaban J connectivity index is 2.19. The molecule has 6 nitrogen and oxygen atoms in total. The Morgan fingerprint density at radius 2 is 1.87 bits per heavy atom. The van der Waals surface area contributed by atoms with Gasteiger partial charge in [0.25, 0.3) is 0 Å². The van der Waals surface area contributed by atoms with Gasteiger partial charge in [-0.15, -0.1) is 0 Å². The monoisotopic (exact) mass is 318 g/mol. The van der Waals surface area contributed by atoms with Gasteiger partial charge >= 0.3 is 5.97 Å². The number of hydrogen-bond donors (Lipinski definition) is 1. The van der Waals surface area contributed by atoms with Crippen LogP contribution in [-0.4, -0.2) is 34.3 Å². The van der Waals surface area contributed by atoms with Crippen LogP contribution in [0.15, 0.2) is 36.7 Å². The molecule has 1 unspecified atom stereocenters. The summed E-state index contributed by atoms with van der Waals surface area (Å²) < 4.78 is 12.6. The number of rotatable bonds is 6. The minimum absolute atomic E-state index is 0.0169. The number of aromatic carboxylic acids is 1. The predicted octanol–water partition coefficient (Wildman–Crippen LogP) is 3.26. The van der Waals surface area contributed by atoms with E-state index in [9.17, 15) is 9.90 Å². The molecule has 1 N–H and O–H groups in total. The van der Waals surface area contributed by atoms with E-state index in [-0.39, 0.29) is 17.3 Å². The summed E-state index contributed by atoms with van der Waals surface area (Å²) in [6.45, 7) is 6.47. The summed E-state index contributed by atoms with van der Waals surface area (Å²) in [7, 11) is 1.61. The van der Waals surface area contributed by atoms with E-state index in [4.69, 9.17) is 9.47 Å². The second-order valence-corrected chi connectivity index (χ2v) is 6.33. The predicted molar refractivity (Wildman–Crippen MR) is 86.2 cm³/mol. The maximum absolute atomic E-state index is 11.3. The average molecular weight is 318 g/mol. The van der Waals surface area contributed by atoms with Gasteiger partial charge in [-0.05, 0) is 29.7 Å². The number of carbonyl (C=O) groups is 1. The number of carboxylic acids is 1. The normalized spacial score (nSPS) is 12.7. The third-order valence-corrected chi connectivity index (χ3v) is 3.66. The second-order valence-electron chi connectivity index (χ2n) is 6.33. The summed E-state index contributed by atoms with van der Waals surface area (Å²) in [5.41, 5.74) is -0.197. The van der Waals surface area contributed by atoms with Crippen molar-refractivity contribution in [2.24, 2.45) is 5.41 Å². The van der Waals surface area contributed by atoms with E-state index in [0.717, 1.165) is 5.75 Å². The molecule has 1 heterocycles. The third-order valence-electron chi connectivity index (χ3n) is 3.66. The summed E-state index contributed by atoms with van der Waals surface area (Å²) in [4.78, 5) is 15.2. The van der Waals surface area contributed by atoms with E-state index < -0.39 is 5.97 Å². The topological polar surface area (TPSA) is 73.6 Å². The zero-order valence-corrected chi connectivity index (χ0v) is 13.8. The maximum atomic E-state index is 11.3. The van der Waals surface area contributed by atoms with E-state index >= 15 is 0 Å². The fraction of sp³-hybridized carbons (Fsp3) is 0.412. The molecule has 0 spiro atoms. The van der Waals surface area contributed by atoms with Crippen LogP contribution in [-0.2, 0) is 0 Å². The van der Waals surface area contributed by atoms with Gasteiger partial charge in [-0.3, -0.25) is 0 Å². The quantitative estimate of drug-likeness (QED) is 0.885. The van der Waals surface area contributed by atoms with Crippen molar-refractivity contribution in [3.8, 4) is 11.5 Å². The lowest BCUT2D eigenvalue weighted by atomic mass is 9.87. The van der Waals surface area contributed by atoms with Gasteiger partial charge in [0.2, 0.25) is 5.82 Å². The van der Waals surface area contributed by atoms with Gasteiger partial charge in [-0.25, -0.2) is 9.78 Å². The molecule has 0 aliphatic carbocycles. The molecule has 1 aromatic heterocycles. The van der Waals surface area contributed by atoms with Crippen LogP contribution in [0.4, 0.5) is 0 Å². The highest BCUT2D eigenvalue weighted by Gasteiger charge is 2.30. The number of methoxy groups -OCH3 is 1. The largest absolute Gasteiger partial charge is 0.497 e. The van der Waals surface area contributed by atoms with E-state index in [2.05, 4.69) is 4.98 Å². The minimum atomic E-state index is -1.05. The molecule has 2 aromatic rings. The van der Waals surface area contributed by atoms with Gasteiger partial charge in [-0.1, -0.05) is 20.8 Å². The van der Waals surface area contributed by atoms with Crippen LogP contribution in [0.2, 0.25) is 0 Å². The first-order valence-corrected chi connectivity index (χ1v) is 7.36. The number of benzene rings is 1. The molecule has 0 bridgehead atoms. The summed E-state index contributed by atoms with van der Waals surface area (Å²) in [6, 6.07) is 7.12. The molecule has 124 valence electrons. The molecule has 1 atom stereocenters. The summed E-state index contributed by atoms with van der Waals surface area (Å²) >= 11 is 0. The zero-order chi connectivity index (χ0) is 17.0. The van der Waals surface area contributed by atoms with Gasteiger partial charge < -0.3 is 19.1 Å². The number of hydrogen-bond acceptors (Lipinski definition) is 4. The highest BCUT2D eigenvalue weighted by atomic mass is 16.5.